The molecule has 0 unspecified atom stereocenters. The number of methoxy groups -OCH3 is 1. The molecule has 2 heterocycles. The summed E-state index contributed by atoms with van der Waals surface area (Å²) in [5.74, 6) is 1.45. The molecule has 0 aliphatic carbocycles. The quantitative estimate of drug-likeness (QED) is 0.427. The number of nitrogens with zero attached hydrogens (tertiary/aromatic N) is 3. The van der Waals surface area contributed by atoms with E-state index < -0.39 is 11.7 Å². The van der Waals surface area contributed by atoms with Crippen LogP contribution in [-0.4, -0.2) is 21.9 Å². The van der Waals surface area contributed by atoms with Crippen molar-refractivity contribution in [1.82, 2.24) is 14.8 Å². The van der Waals surface area contributed by atoms with Crippen LogP contribution in [0.4, 0.5) is 24.7 Å². The summed E-state index contributed by atoms with van der Waals surface area (Å²) in [4.78, 5) is 4.34. The maximum Gasteiger partial charge on any atom is 0.416 e. The van der Waals surface area contributed by atoms with E-state index in [0.717, 1.165) is 40.3 Å². The number of halogens is 3. The van der Waals surface area contributed by atoms with Gasteiger partial charge in [-0.25, -0.2) is 4.98 Å². The molecular formula is C23H19F3N4O. The molecule has 0 saturated heterocycles. The molecule has 158 valence electrons. The number of rotatable bonds is 6. The minimum absolute atomic E-state index is 0.375. The fourth-order valence-electron chi connectivity index (χ4n) is 3.09. The van der Waals surface area contributed by atoms with Crippen LogP contribution in [0.15, 0.2) is 79.3 Å². The lowest BCUT2D eigenvalue weighted by Crippen LogP contribution is -2.05. The highest BCUT2D eigenvalue weighted by atomic mass is 19.4. The molecule has 4 aromatic rings. The third-order valence-electron chi connectivity index (χ3n) is 4.71. The first-order valence-electron chi connectivity index (χ1n) is 9.47. The number of hydrogen-bond acceptors (Lipinski definition) is 4. The van der Waals surface area contributed by atoms with Gasteiger partial charge in [-0.3, -0.25) is 4.68 Å². The van der Waals surface area contributed by atoms with Crippen LogP contribution in [0.3, 0.4) is 0 Å². The number of aromatic nitrogens is 3. The Labute approximate surface area is 177 Å². The van der Waals surface area contributed by atoms with Gasteiger partial charge in [-0.15, -0.1) is 0 Å². The average molecular weight is 424 g/mol. The van der Waals surface area contributed by atoms with Crippen LogP contribution < -0.4 is 10.1 Å². The molecule has 0 aliphatic rings. The number of ether oxygens (including phenoxy) is 1. The molecule has 0 saturated carbocycles. The van der Waals surface area contributed by atoms with E-state index in [-0.39, 0.29) is 0 Å². The molecule has 4 rings (SSSR count). The zero-order valence-corrected chi connectivity index (χ0v) is 16.6. The minimum Gasteiger partial charge on any atom is -0.497 e. The lowest BCUT2D eigenvalue weighted by Gasteiger charge is -2.08. The first kappa shape index (κ1) is 20.5. The number of benzene rings is 2. The van der Waals surface area contributed by atoms with Gasteiger partial charge < -0.3 is 10.1 Å². The molecule has 31 heavy (non-hydrogen) atoms. The third kappa shape index (κ3) is 5.03. The molecular weight excluding hydrogens is 405 g/mol. The summed E-state index contributed by atoms with van der Waals surface area (Å²) in [6, 6.07) is 16.4. The molecule has 0 atom stereocenters. The van der Waals surface area contributed by atoms with Gasteiger partial charge in [-0.05, 0) is 59.7 Å². The molecule has 0 radical (unpaired) electrons. The first-order valence-corrected chi connectivity index (χ1v) is 9.47. The normalized spacial score (nSPS) is 11.4. The number of anilines is 2. The number of pyridine rings is 1. The van der Waals surface area contributed by atoms with E-state index in [0.29, 0.717) is 12.4 Å². The van der Waals surface area contributed by atoms with E-state index in [2.05, 4.69) is 15.4 Å². The van der Waals surface area contributed by atoms with E-state index in [1.165, 1.54) is 12.1 Å². The first-order chi connectivity index (χ1) is 14.9. The van der Waals surface area contributed by atoms with Crippen molar-refractivity contribution in [2.45, 2.75) is 12.7 Å². The summed E-state index contributed by atoms with van der Waals surface area (Å²) >= 11 is 0. The van der Waals surface area contributed by atoms with Crippen LogP contribution in [0.5, 0.6) is 5.75 Å². The summed E-state index contributed by atoms with van der Waals surface area (Å²) in [6.45, 7) is 0.375. The number of nitrogens with one attached hydrogen (secondary N) is 1. The monoisotopic (exact) mass is 424 g/mol. The third-order valence-corrected chi connectivity index (χ3v) is 4.71. The van der Waals surface area contributed by atoms with Crippen molar-refractivity contribution in [3.63, 3.8) is 0 Å². The Morgan fingerprint density at radius 2 is 1.71 bits per heavy atom. The van der Waals surface area contributed by atoms with Crippen LogP contribution in [0.25, 0.3) is 11.1 Å². The van der Waals surface area contributed by atoms with E-state index in [1.54, 1.807) is 24.2 Å². The average Bonchev–Trinajstić information content (AvgIpc) is 3.23. The summed E-state index contributed by atoms with van der Waals surface area (Å²) < 4.78 is 45.0. The Morgan fingerprint density at radius 1 is 0.968 bits per heavy atom. The molecule has 1 N–H and O–H groups in total. The Kier molecular flexibility index (Phi) is 5.62. The van der Waals surface area contributed by atoms with Gasteiger partial charge in [0.1, 0.15) is 11.6 Å². The Bertz CT molecular complexity index is 1150. The lowest BCUT2D eigenvalue weighted by atomic mass is 10.1. The molecule has 0 fully saturated rings. The summed E-state index contributed by atoms with van der Waals surface area (Å²) in [5.41, 5.74) is 2.76. The van der Waals surface area contributed by atoms with Gasteiger partial charge >= 0.3 is 6.18 Å². The van der Waals surface area contributed by atoms with Crippen LogP contribution in [-0.2, 0) is 12.7 Å². The highest BCUT2D eigenvalue weighted by Crippen LogP contribution is 2.29. The SMILES string of the molecule is COc1ccc(Nc2cc(-c3cnn(Cc4ccc(C(F)(F)F)cc4)c3)ccn2)cc1. The zero-order valence-electron chi connectivity index (χ0n) is 16.6. The standard InChI is InChI=1S/C23H19F3N4O/c1-31-21-8-6-20(7-9-21)29-22-12-17(10-11-27-22)18-13-28-30(15-18)14-16-2-4-19(5-3-16)23(24,25)26/h2-13,15H,14H2,1H3,(H,27,29). The highest BCUT2D eigenvalue weighted by molar-refractivity contribution is 5.67. The predicted octanol–water partition coefficient (Wildman–Crippen LogP) is 5.76. The van der Waals surface area contributed by atoms with Gasteiger partial charge in [0.05, 0.1) is 25.4 Å². The van der Waals surface area contributed by atoms with Crippen LogP contribution >= 0.6 is 0 Å². The van der Waals surface area contributed by atoms with Crippen molar-refractivity contribution >= 4 is 11.5 Å². The summed E-state index contributed by atoms with van der Waals surface area (Å²) in [6.07, 6.45) is 0.936. The topological polar surface area (TPSA) is 52.0 Å². The summed E-state index contributed by atoms with van der Waals surface area (Å²) in [7, 11) is 1.62. The van der Waals surface area contributed by atoms with Crippen molar-refractivity contribution in [2.75, 3.05) is 12.4 Å². The van der Waals surface area contributed by atoms with Gasteiger partial charge in [-0.1, -0.05) is 12.1 Å². The second-order valence-electron chi connectivity index (χ2n) is 6.90. The Balaban J connectivity index is 1.46. The highest BCUT2D eigenvalue weighted by Gasteiger charge is 2.29. The molecule has 0 amide bonds. The van der Waals surface area contributed by atoms with Crippen LogP contribution in [0.1, 0.15) is 11.1 Å². The van der Waals surface area contributed by atoms with Crippen LogP contribution in [0.2, 0.25) is 0 Å². The number of hydrogen-bond donors (Lipinski definition) is 1. The fraction of sp³-hybridized carbons (Fsp3) is 0.130. The van der Waals surface area contributed by atoms with Gasteiger partial charge in [0.25, 0.3) is 0 Å². The van der Waals surface area contributed by atoms with Crippen molar-refractivity contribution in [2.24, 2.45) is 0 Å². The van der Waals surface area contributed by atoms with E-state index in [9.17, 15) is 13.2 Å². The van der Waals surface area contributed by atoms with Gasteiger partial charge in [0, 0.05) is 23.6 Å². The smallest absolute Gasteiger partial charge is 0.416 e. The van der Waals surface area contributed by atoms with Crippen molar-refractivity contribution in [3.05, 3.63) is 90.4 Å². The van der Waals surface area contributed by atoms with Gasteiger partial charge in [0.2, 0.25) is 0 Å². The second-order valence-corrected chi connectivity index (χ2v) is 6.90. The second kappa shape index (κ2) is 8.51. The van der Waals surface area contributed by atoms with Crippen LogP contribution in [0, 0.1) is 0 Å². The molecule has 0 bridgehead atoms. The largest absolute Gasteiger partial charge is 0.497 e. The fourth-order valence-corrected chi connectivity index (χ4v) is 3.09. The molecule has 0 spiro atoms. The lowest BCUT2D eigenvalue weighted by molar-refractivity contribution is -0.137. The Hall–Kier alpha value is -3.81. The van der Waals surface area contributed by atoms with Gasteiger partial charge in [0.15, 0.2) is 0 Å². The van der Waals surface area contributed by atoms with E-state index >= 15 is 0 Å². The summed E-state index contributed by atoms with van der Waals surface area (Å²) in [5, 5.41) is 7.58. The van der Waals surface area contributed by atoms with Gasteiger partial charge in [-0.2, -0.15) is 18.3 Å². The molecule has 8 heteroatoms. The van der Waals surface area contributed by atoms with E-state index in [4.69, 9.17) is 4.74 Å². The predicted molar refractivity (Wildman–Crippen MR) is 112 cm³/mol. The van der Waals surface area contributed by atoms with Crippen molar-refractivity contribution in [1.29, 1.82) is 0 Å². The van der Waals surface area contributed by atoms with Crippen molar-refractivity contribution in [3.8, 4) is 16.9 Å². The molecule has 2 aromatic carbocycles. The maximum absolute atomic E-state index is 12.7. The molecule has 2 aromatic heterocycles. The molecule has 5 nitrogen and oxygen atoms in total. The van der Waals surface area contributed by atoms with E-state index in [1.807, 2.05) is 42.6 Å². The minimum atomic E-state index is -4.34. The zero-order chi connectivity index (χ0) is 21.8. The molecule has 0 aliphatic heterocycles. The van der Waals surface area contributed by atoms with Crippen molar-refractivity contribution < 1.29 is 17.9 Å². The Morgan fingerprint density at radius 3 is 2.39 bits per heavy atom. The maximum atomic E-state index is 12.7. The number of alkyl halides is 3.